The van der Waals surface area contributed by atoms with Crippen molar-refractivity contribution < 1.29 is 33.8 Å². The van der Waals surface area contributed by atoms with Gasteiger partial charge in [0.2, 0.25) is 11.8 Å². The lowest BCUT2D eigenvalue weighted by molar-refractivity contribution is -0.144. The van der Waals surface area contributed by atoms with Crippen molar-refractivity contribution in [1.82, 2.24) is 15.5 Å². The highest BCUT2D eigenvalue weighted by molar-refractivity contribution is 5.92. The Labute approximate surface area is 226 Å². The number of nitrogens with one attached hydrogen (secondary N) is 2. The fourth-order valence-corrected chi connectivity index (χ4v) is 3.75. The van der Waals surface area contributed by atoms with Crippen LogP contribution in [0.3, 0.4) is 0 Å². The molecule has 0 aromatic heterocycles. The van der Waals surface area contributed by atoms with Crippen LogP contribution >= 0.6 is 0 Å². The topological polar surface area (TPSA) is 134 Å². The van der Waals surface area contributed by atoms with Crippen LogP contribution in [0.1, 0.15) is 83.9 Å². The Balaban J connectivity index is 3.30. The highest BCUT2D eigenvalue weighted by Gasteiger charge is 2.35. The monoisotopic (exact) mass is 535 g/mol. The molecule has 0 heterocycles. The zero-order chi connectivity index (χ0) is 28.7. The number of aliphatic hydroxyl groups is 1. The van der Waals surface area contributed by atoms with E-state index in [-0.39, 0.29) is 26.1 Å². The Morgan fingerprint density at radius 3 is 2.24 bits per heavy atom. The molecule has 3 N–H and O–H groups in total. The van der Waals surface area contributed by atoms with Gasteiger partial charge in [-0.05, 0) is 46.6 Å². The van der Waals surface area contributed by atoms with Gasteiger partial charge < -0.3 is 30.1 Å². The summed E-state index contributed by atoms with van der Waals surface area (Å²) < 4.78 is 10.2. The number of rotatable bonds is 15. The van der Waals surface area contributed by atoms with E-state index in [2.05, 4.69) is 17.6 Å². The fraction of sp³-hybridized carbons (Fsp3) is 0.643. The Morgan fingerprint density at radius 2 is 1.68 bits per heavy atom. The van der Waals surface area contributed by atoms with Crippen molar-refractivity contribution in [3.63, 3.8) is 0 Å². The molecule has 2 unspecified atom stereocenters. The second-order valence-electron chi connectivity index (χ2n) is 10.1. The van der Waals surface area contributed by atoms with Gasteiger partial charge in [0, 0.05) is 13.1 Å². The number of aliphatic hydroxyl groups excluding tert-OH is 1. The van der Waals surface area contributed by atoms with Crippen molar-refractivity contribution in [2.45, 2.75) is 91.3 Å². The van der Waals surface area contributed by atoms with Crippen LogP contribution in [0.5, 0.6) is 0 Å². The first-order valence-electron chi connectivity index (χ1n) is 13.3. The van der Waals surface area contributed by atoms with Gasteiger partial charge in [-0.25, -0.2) is 4.79 Å². The molecule has 0 aliphatic carbocycles. The third-order valence-electron chi connectivity index (χ3n) is 5.59. The van der Waals surface area contributed by atoms with E-state index in [0.29, 0.717) is 12.0 Å². The molecule has 38 heavy (non-hydrogen) atoms. The molecule has 10 nitrogen and oxygen atoms in total. The second kappa shape index (κ2) is 16.7. The normalized spacial score (nSPS) is 12.7. The van der Waals surface area contributed by atoms with Crippen LogP contribution in [-0.2, 0) is 23.9 Å². The van der Waals surface area contributed by atoms with Gasteiger partial charge >= 0.3 is 12.1 Å². The third-order valence-corrected chi connectivity index (χ3v) is 5.59. The van der Waals surface area contributed by atoms with Gasteiger partial charge in [0.25, 0.3) is 0 Å². The molecule has 214 valence electrons. The number of aryl methyl sites for hydroxylation is 1. The number of ether oxygens (including phenoxy) is 2. The van der Waals surface area contributed by atoms with Crippen molar-refractivity contribution >= 4 is 23.9 Å². The molecule has 0 fully saturated rings. The van der Waals surface area contributed by atoms with E-state index in [1.165, 1.54) is 4.90 Å². The smallest absolute Gasteiger partial charge is 0.408 e. The lowest BCUT2D eigenvalue weighted by Gasteiger charge is -2.34. The molecule has 10 heteroatoms. The number of carbonyl (C=O) groups excluding carboxylic acids is 4. The van der Waals surface area contributed by atoms with Crippen molar-refractivity contribution in [3.05, 3.63) is 35.4 Å². The van der Waals surface area contributed by atoms with Crippen LogP contribution in [-0.4, -0.2) is 71.8 Å². The van der Waals surface area contributed by atoms with Gasteiger partial charge in [-0.3, -0.25) is 14.4 Å². The lowest BCUT2D eigenvalue weighted by atomic mass is 10.0. The maximum Gasteiger partial charge on any atom is 0.408 e. The molecule has 0 aliphatic heterocycles. The molecule has 3 amide bonds. The maximum absolute atomic E-state index is 13.7. The van der Waals surface area contributed by atoms with Crippen molar-refractivity contribution in [2.24, 2.45) is 0 Å². The van der Waals surface area contributed by atoms with Crippen LogP contribution in [0.4, 0.5) is 4.79 Å². The van der Waals surface area contributed by atoms with Gasteiger partial charge in [0.1, 0.15) is 17.7 Å². The number of alkyl carbamates (subject to hydrolysis) is 1. The second-order valence-corrected chi connectivity index (χ2v) is 10.1. The summed E-state index contributed by atoms with van der Waals surface area (Å²) in [7, 11) is 0. The molecule has 0 bridgehead atoms. The summed E-state index contributed by atoms with van der Waals surface area (Å²) >= 11 is 0. The minimum Gasteiger partial charge on any atom is -0.466 e. The summed E-state index contributed by atoms with van der Waals surface area (Å²) in [5, 5.41) is 15.2. The third kappa shape index (κ3) is 11.9. The van der Waals surface area contributed by atoms with Crippen molar-refractivity contribution in [2.75, 3.05) is 26.3 Å². The molecular weight excluding hydrogens is 490 g/mol. The number of nitrogens with zero attached hydrogens (tertiary/aromatic N) is 1. The largest absolute Gasteiger partial charge is 0.466 e. The van der Waals surface area contributed by atoms with Gasteiger partial charge in [-0.2, -0.15) is 0 Å². The number of amides is 3. The molecule has 2 atom stereocenters. The highest BCUT2D eigenvalue weighted by atomic mass is 16.6. The van der Waals surface area contributed by atoms with E-state index in [4.69, 9.17) is 9.47 Å². The maximum atomic E-state index is 13.7. The Hall–Kier alpha value is -3.14. The number of carbonyl (C=O) groups is 4. The molecule has 1 rings (SSSR count). The fourth-order valence-electron chi connectivity index (χ4n) is 3.75. The lowest BCUT2D eigenvalue weighted by Crippen LogP contribution is -2.54. The summed E-state index contributed by atoms with van der Waals surface area (Å²) in [5.74, 6) is -1.52. The van der Waals surface area contributed by atoms with Gasteiger partial charge in [0.15, 0.2) is 0 Å². The molecular formula is C28H45N3O7. The van der Waals surface area contributed by atoms with E-state index >= 15 is 0 Å². The predicted octanol–water partition coefficient (Wildman–Crippen LogP) is 3.40. The van der Waals surface area contributed by atoms with E-state index in [0.717, 1.165) is 24.8 Å². The van der Waals surface area contributed by atoms with Gasteiger partial charge in [-0.15, -0.1) is 0 Å². The van der Waals surface area contributed by atoms with Crippen LogP contribution in [0.15, 0.2) is 24.3 Å². The quantitative estimate of drug-likeness (QED) is 0.231. The van der Waals surface area contributed by atoms with E-state index < -0.39 is 48.2 Å². The molecule has 1 aromatic rings. The number of esters is 1. The summed E-state index contributed by atoms with van der Waals surface area (Å²) in [6.45, 7) is 10.6. The zero-order valence-electron chi connectivity index (χ0n) is 23.7. The Bertz CT molecular complexity index is 897. The average Bonchev–Trinajstić information content (AvgIpc) is 2.84. The standard InChI is InChI=1S/C28H45N3O7/c1-7-9-10-11-18-31(26(35)22(19-32)30-27(36)38-28(4,5)6)24(21-14-12-20(3)13-15-21)25(34)29-17-16-23(33)37-8-2/h12-15,22,24,32H,7-11,16-19H2,1-6H3,(H,29,34)(H,30,36). The predicted molar refractivity (Wildman–Crippen MR) is 144 cm³/mol. The van der Waals surface area contributed by atoms with Gasteiger partial charge in [0.05, 0.1) is 19.6 Å². The van der Waals surface area contributed by atoms with Crippen LogP contribution in [0, 0.1) is 6.92 Å². The minimum atomic E-state index is -1.31. The summed E-state index contributed by atoms with van der Waals surface area (Å²) in [4.78, 5) is 52.8. The molecule has 0 saturated heterocycles. The number of benzene rings is 1. The molecule has 0 radical (unpaired) electrons. The molecule has 0 aliphatic rings. The van der Waals surface area contributed by atoms with Crippen LogP contribution in [0.2, 0.25) is 0 Å². The number of hydrogen-bond acceptors (Lipinski definition) is 7. The minimum absolute atomic E-state index is 0.00981. The summed E-state index contributed by atoms with van der Waals surface area (Å²) in [5.41, 5.74) is 0.758. The summed E-state index contributed by atoms with van der Waals surface area (Å²) in [6.07, 6.45) is 2.56. The number of hydrogen-bond donors (Lipinski definition) is 3. The van der Waals surface area contributed by atoms with Crippen LogP contribution < -0.4 is 10.6 Å². The highest BCUT2D eigenvalue weighted by Crippen LogP contribution is 2.24. The first kappa shape index (κ1) is 32.9. The van der Waals surface area contributed by atoms with E-state index in [1.807, 2.05) is 19.1 Å². The van der Waals surface area contributed by atoms with Gasteiger partial charge in [-0.1, -0.05) is 56.0 Å². The summed E-state index contributed by atoms with van der Waals surface area (Å²) in [6, 6.07) is 4.88. The average molecular weight is 536 g/mol. The van der Waals surface area contributed by atoms with Crippen molar-refractivity contribution in [3.8, 4) is 0 Å². The van der Waals surface area contributed by atoms with Crippen LogP contribution in [0.25, 0.3) is 0 Å². The van der Waals surface area contributed by atoms with E-state index in [1.54, 1.807) is 39.8 Å². The SMILES string of the molecule is CCCCCCN(C(=O)C(CO)NC(=O)OC(C)(C)C)C(C(=O)NCCC(=O)OCC)c1ccc(C)cc1. The zero-order valence-corrected chi connectivity index (χ0v) is 23.7. The Morgan fingerprint density at radius 1 is 1.03 bits per heavy atom. The number of unbranched alkanes of at least 4 members (excludes halogenated alkanes) is 3. The first-order chi connectivity index (χ1) is 17.9. The first-order valence-corrected chi connectivity index (χ1v) is 13.3. The molecule has 1 aromatic carbocycles. The molecule has 0 spiro atoms. The Kier molecular flexibility index (Phi) is 14.4. The van der Waals surface area contributed by atoms with Crippen molar-refractivity contribution in [1.29, 1.82) is 0 Å². The van der Waals surface area contributed by atoms with E-state index in [9.17, 15) is 24.3 Å². The molecule has 0 saturated carbocycles.